The van der Waals surface area contributed by atoms with Crippen molar-refractivity contribution in [1.82, 2.24) is 15.1 Å². The second-order valence-electron chi connectivity index (χ2n) is 5.82. The number of rotatable bonds is 6. The fraction of sp³-hybridized carbons (Fsp3) is 0.278. The van der Waals surface area contributed by atoms with Gasteiger partial charge in [-0.1, -0.05) is 35.5 Å². The van der Waals surface area contributed by atoms with E-state index in [0.717, 1.165) is 23.5 Å². The minimum absolute atomic E-state index is 0.192. The van der Waals surface area contributed by atoms with E-state index in [4.69, 9.17) is 4.52 Å². The Labute approximate surface area is 140 Å². The molecule has 3 rings (SSSR count). The molecule has 3 aromatic rings. The molecule has 0 bridgehead atoms. The van der Waals surface area contributed by atoms with Gasteiger partial charge in [-0.25, -0.2) is 4.98 Å². The SMILES string of the molecule is CCNc1ccc(-c2noc(C(C)(O)Cc3ccccc3)n2)cn1. The van der Waals surface area contributed by atoms with Crippen molar-refractivity contribution >= 4 is 5.82 Å². The van der Waals surface area contributed by atoms with Crippen LogP contribution < -0.4 is 5.32 Å². The number of nitrogens with one attached hydrogen (secondary N) is 1. The Morgan fingerprint density at radius 3 is 2.62 bits per heavy atom. The molecular weight excluding hydrogens is 304 g/mol. The van der Waals surface area contributed by atoms with Gasteiger partial charge in [0.2, 0.25) is 5.82 Å². The van der Waals surface area contributed by atoms with E-state index in [1.807, 2.05) is 49.4 Å². The van der Waals surface area contributed by atoms with Crippen LogP contribution in [0.4, 0.5) is 5.82 Å². The van der Waals surface area contributed by atoms with Crippen molar-refractivity contribution in [2.45, 2.75) is 25.9 Å². The van der Waals surface area contributed by atoms with Gasteiger partial charge in [0, 0.05) is 24.7 Å². The van der Waals surface area contributed by atoms with Crippen LogP contribution in [0.2, 0.25) is 0 Å². The van der Waals surface area contributed by atoms with Crippen molar-refractivity contribution in [2.75, 3.05) is 11.9 Å². The van der Waals surface area contributed by atoms with Crippen molar-refractivity contribution in [2.24, 2.45) is 0 Å². The number of benzene rings is 1. The van der Waals surface area contributed by atoms with Gasteiger partial charge in [-0.15, -0.1) is 0 Å². The monoisotopic (exact) mass is 324 g/mol. The highest BCUT2D eigenvalue weighted by molar-refractivity contribution is 5.55. The molecule has 0 radical (unpaired) electrons. The third kappa shape index (κ3) is 3.60. The Morgan fingerprint density at radius 1 is 1.17 bits per heavy atom. The van der Waals surface area contributed by atoms with Crippen LogP contribution in [0, 0.1) is 0 Å². The topological polar surface area (TPSA) is 84.1 Å². The second kappa shape index (κ2) is 6.80. The van der Waals surface area contributed by atoms with Crippen LogP contribution in [-0.4, -0.2) is 26.8 Å². The first-order valence-corrected chi connectivity index (χ1v) is 7.89. The number of anilines is 1. The highest BCUT2D eigenvalue weighted by atomic mass is 16.5. The van der Waals surface area contributed by atoms with E-state index in [1.165, 1.54) is 0 Å². The molecule has 0 fully saturated rings. The average molecular weight is 324 g/mol. The van der Waals surface area contributed by atoms with Crippen molar-refractivity contribution in [3.05, 3.63) is 60.1 Å². The number of aliphatic hydroxyl groups is 1. The van der Waals surface area contributed by atoms with Gasteiger partial charge in [0.1, 0.15) is 11.4 Å². The Kier molecular flexibility index (Phi) is 4.57. The number of hydrogen-bond acceptors (Lipinski definition) is 6. The van der Waals surface area contributed by atoms with Gasteiger partial charge in [-0.2, -0.15) is 4.98 Å². The molecule has 0 spiro atoms. The smallest absolute Gasteiger partial charge is 0.258 e. The van der Waals surface area contributed by atoms with Crippen LogP contribution in [-0.2, 0) is 12.0 Å². The number of nitrogens with zero attached hydrogens (tertiary/aromatic N) is 3. The minimum Gasteiger partial charge on any atom is -0.380 e. The molecule has 6 nitrogen and oxygen atoms in total. The lowest BCUT2D eigenvalue weighted by atomic mass is 9.96. The molecule has 0 amide bonds. The van der Waals surface area contributed by atoms with Gasteiger partial charge in [-0.3, -0.25) is 0 Å². The van der Waals surface area contributed by atoms with Gasteiger partial charge in [0.15, 0.2) is 0 Å². The molecule has 0 saturated carbocycles. The molecule has 0 aliphatic heterocycles. The summed E-state index contributed by atoms with van der Waals surface area (Å²) < 4.78 is 5.28. The minimum atomic E-state index is -1.23. The molecule has 6 heteroatoms. The van der Waals surface area contributed by atoms with E-state index in [0.29, 0.717) is 12.2 Å². The Balaban J connectivity index is 1.79. The molecule has 1 atom stereocenters. The highest BCUT2D eigenvalue weighted by Crippen LogP contribution is 2.26. The summed E-state index contributed by atoms with van der Waals surface area (Å²) in [6, 6.07) is 13.4. The largest absolute Gasteiger partial charge is 0.380 e. The molecule has 2 heterocycles. The maximum atomic E-state index is 10.7. The first kappa shape index (κ1) is 16.1. The van der Waals surface area contributed by atoms with Crippen LogP contribution in [0.25, 0.3) is 11.4 Å². The Morgan fingerprint density at radius 2 is 1.96 bits per heavy atom. The summed E-state index contributed by atoms with van der Waals surface area (Å²) in [5.41, 5.74) is 0.505. The molecule has 2 N–H and O–H groups in total. The van der Waals surface area contributed by atoms with Crippen LogP contribution in [0.3, 0.4) is 0 Å². The average Bonchev–Trinajstić information content (AvgIpc) is 3.07. The van der Waals surface area contributed by atoms with E-state index in [-0.39, 0.29) is 5.89 Å². The molecule has 0 aliphatic rings. The van der Waals surface area contributed by atoms with Crippen molar-refractivity contribution in [3.8, 4) is 11.4 Å². The zero-order valence-corrected chi connectivity index (χ0v) is 13.7. The molecule has 1 unspecified atom stereocenters. The van der Waals surface area contributed by atoms with Gasteiger partial charge in [-0.05, 0) is 31.5 Å². The molecule has 24 heavy (non-hydrogen) atoms. The van der Waals surface area contributed by atoms with E-state index < -0.39 is 5.60 Å². The third-order valence-corrected chi connectivity index (χ3v) is 3.66. The van der Waals surface area contributed by atoms with E-state index in [1.54, 1.807) is 13.1 Å². The van der Waals surface area contributed by atoms with Crippen LogP contribution in [0.1, 0.15) is 25.3 Å². The summed E-state index contributed by atoms with van der Waals surface area (Å²) in [4.78, 5) is 8.62. The predicted molar refractivity (Wildman–Crippen MR) is 91.4 cm³/mol. The Bertz CT molecular complexity index is 782. The summed E-state index contributed by atoms with van der Waals surface area (Å²) in [5, 5.41) is 17.8. The van der Waals surface area contributed by atoms with Gasteiger partial charge >= 0.3 is 0 Å². The van der Waals surface area contributed by atoms with Gasteiger partial charge < -0.3 is 14.9 Å². The van der Waals surface area contributed by atoms with Gasteiger partial charge in [0.05, 0.1) is 0 Å². The standard InChI is InChI=1S/C18H20N4O2/c1-3-19-15-10-9-14(12-20-15)16-21-17(24-22-16)18(2,23)11-13-7-5-4-6-8-13/h4-10,12,23H,3,11H2,1-2H3,(H,19,20). The Hall–Kier alpha value is -2.73. The molecular formula is C18H20N4O2. The van der Waals surface area contributed by atoms with E-state index >= 15 is 0 Å². The number of pyridine rings is 1. The van der Waals surface area contributed by atoms with Crippen molar-refractivity contribution < 1.29 is 9.63 Å². The molecule has 2 aromatic heterocycles. The third-order valence-electron chi connectivity index (χ3n) is 3.66. The van der Waals surface area contributed by atoms with Crippen LogP contribution in [0.5, 0.6) is 0 Å². The maximum absolute atomic E-state index is 10.7. The first-order chi connectivity index (χ1) is 11.6. The normalized spacial score (nSPS) is 13.5. The molecule has 0 aliphatic carbocycles. The summed E-state index contributed by atoms with van der Waals surface area (Å²) in [7, 11) is 0. The van der Waals surface area contributed by atoms with Crippen LogP contribution >= 0.6 is 0 Å². The molecule has 124 valence electrons. The summed E-state index contributed by atoms with van der Waals surface area (Å²) >= 11 is 0. The second-order valence-corrected chi connectivity index (χ2v) is 5.82. The summed E-state index contributed by atoms with van der Waals surface area (Å²) in [6.45, 7) is 4.49. The fourth-order valence-electron chi connectivity index (χ4n) is 2.44. The lowest BCUT2D eigenvalue weighted by Gasteiger charge is -2.18. The summed E-state index contributed by atoms with van der Waals surface area (Å²) in [5.74, 6) is 1.40. The number of aromatic nitrogens is 3. The van der Waals surface area contributed by atoms with E-state index in [2.05, 4.69) is 20.4 Å². The molecule has 1 aromatic carbocycles. The highest BCUT2D eigenvalue weighted by Gasteiger charge is 2.30. The lowest BCUT2D eigenvalue weighted by molar-refractivity contribution is 0.0232. The summed E-state index contributed by atoms with van der Waals surface area (Å²) in [6.07, 6.45) is 2.08. The molecule has 0 saturated heterocycles. The zero-order chi connectivity index (χ0) is 17.0. The predicted octanol–water partition coefficient (Wildman–Crippen LogP) is 3.01. The van der Waals surface area contributed by atoms with Gasteiger partial charge in [0.25, 0.3) is 5.89 Å². The number of hydrogen-bond donors (Lipinski definition) is 2. The fourth-order valence-corrected chi connectivity index (χ4v) is 2.44. The zero-order valence-electron chi connectivity index (χ0n) is 13.7. The quantitative estimate of drug-likeness (QED) is 0.725. The van der Waals surface area contributed by atoms with Crippen LogP contribution in [0.15, 0.2) is 53.2 Å². The lowest BCUT2D eigenvalue weighted by Crippen LogP contribution is -2.24. The first-order valence-electron chi connectivity index (χ1n) is 7.89. The van der Waals surface area contributed by atoms with E-state index in [9.17, 15) is 5.11 Å². The van der Waals surface area contributed by atoms with Crippen molar-refractivity contribution in [3.63, 3.8) is 0 Å². The maximum Gasteiger partial charge on any atom is 0.258 e. The van der Waals surface area contributed by atoms with Crippen molar-refractivity contribution in [1.29, 1.82) is 0 Å².